The highest BCUT2D eigenvalue weighted by Crippen LogP contribution is 2.02. The average Bonchev–Trinajstić information content (AvgIpc) is 2.65. The number of carbonyl (C=O) groups is 2. The highest BCUT2D eigenvalue weighted by Gasteiger charge is 2.03. The van der Waals surface area contributed by atoms with E-state index in [1.165, 1.54) is 0 Å². The molecule has 2 aromatic rings. The van der Waals surface area contributed by atoms with Crippen molar-refractivity contribution in [1.82, 2.24) is 10.7 Å². The summed E-state index contributed by atoms with van der Waals surface area (Å²) in [6.45, 7) is 0.536. The van der Waals surface area contributed by atoms with Crippen LogP contribution in [0.5, 0.6) is 0 Å². The van der Waals surface area contributed by atoms with Gasteiger partial charge in [-0.1, -0.05) is 60.7 Å². The van der Waals surface area contributed by atoms with Crippen LogP contribution in [0.4, 0.5) is 0 Å². The van der Waals surface area contributed by atoms with Gasteiger partial charge in [0.25, 0.3) is 0 Å². The lowest BCUT2D eigenvalue weighted by atomic mass is 10.1. The summed E-state index contributed by atoms with van der Waals surface area (Å²) < 4.78 is 0. The summed E-state index contributed by atoms with van der Waals surface area (Å²) in [4.78, 5) is 23.4. The second-order valence-corrected chi connectivity index (χ2v) is 5.67. The molecular formula is C20H23N3O2. The van der Waals surface area contributed by atoms with Crippen LogP contribution in [-0.2, 0) is 16.1 Å². The van der Waals surface area contributed by atoms with Crippen LogP contribution in [0, 0.1) is 0 Å². The molecule has 0 fully saturated rings. The van der Waals surface area contributed by atoms with Crippen molar-refractivity contribution >= 4 is 18.0 Å². The Morgan fingerprint density at radius 3 is 2.12 bits per heavy atom. The Morgan fingerprint density at radius 1 is 0.840 bits per heavy atom. The zero-order chi connectivity index (χ0) is 17.7. The van der Waals surface area contributed by atoms with Crippen LogP contribution < -0.4 is 10.7 Å². The zero-order valence-electron chi connectivity index (χ0n) is 14.2. The first-order valence-corrected chi connectivity index (χ1v) is 8.41. The topological polar surface area (TPSA) is 70.6 Å². The highest BCUT2D eigenvalue weighted by molar-refractivity contribution is 5.82. The molecule has 2 N–H and O–H groups in total. The third-order valence-corrected chi connectivity index (χ3v) is 3.59. The molecule has 0 atom stereocenters. The van der Waals surface area contributed by atoms with Gasteiger partial charge in [-0.05, 0) is 24.0 Å². The Hall–Kier alpha value is -2.95. The summed E-state index contributed by atoms with van der Waals surface area (Å²) in [5.74, 6) is -0.136. The molecule has 0 spiro atoms. The van der Waals surface area contributed by atoms with Gasteiger partial charge in [0.1, 0.15) is 0 Å². The predicted molar refractivity (Wildman–Crippen MR) is 98.9 cm³/mol. The first-order chi connectivity index (χ1) is 12.2. The fraction of sp³-hybridized carbons (Fsp3) is 0.250. The van der Waals surface area contributed by atoms with Crippen LogP contribution in [0.15, 0.2) is 65.8 Å². The number of unbranched alkanes of at least 4 members (excludes halogenated alkanes) is 1. The molecule has 2 amide bonds. The van der Waals surface area contributed by atoms with Crippen molar-refractivity contribution in [3.8, 4) is 0 Å². The molecule has 5 heteroatoms. The molecule has 0 aliphatic carbocycles. The minimum absolute atomic E-state index is 0.00589. The molecule has 0 saturated heterocycles. The molecule has 25 heavy (non-hydrogen) atoms. The fourth-order valence-electron chi connectivity index (χ4n) is 2.23. The van der Waals surface area contributed by atoms with E-state index >= 15 is 0 Å². The average molecular weight is 337 g/mol. The second-order valence-electron chi connectivity index (χ2n) is 5.67. The Balaban J connectivity index is 1.54. The summed E-state index contributed by atoms with van der Waals surface area (Å²) in [5.41, 5.74) is 4.50. The lowest BCUT2D eigenvalue weighted by Crippen LogP contribution is -2.22. The molecule has 0 aliphatic rings. The maximum Gasteiger partial charge on any atom is 0.240 e. The minimum atomic E-state index is -0.142. The van der Waals surface area contributed by atoms with E-state index < -0.39 is 0 Å². The summed E-state index contributed by atoms with van der Waals surface area (Å²) >= 11 is 0. The maximum absolute atomic E-state index is 11.8. The van der Waals surface area contributed by atoms with Crippen molar-refractivity contribution in [2.24, 2.45) is 5.10 Å². The largest absolute Gasteiger partial charge is 0.352 e. The van der Waals surface area contributed by atoms with E-state index in [2.05, 4.69) is 15.8 Å². The standard InChI is InChI=1S/C20H23N3O2/c24-19(21-15-17-9-3-1-4-10-17)13-7-8-14-20(25)23-22-16-18-11-5-2-6-12-18/h1-6,9-12,16H,7-8,13-15H2,(H,21,24)(H,23,25)/b22-16+. The maximum atomic E-state index is 11.8. The number of amides is 2. The summed E-state index contributed by atoms with van der Waals surface area (Å²) in [6.07, 6.45) is 3.72. The van der Waals surface area contributed by atoms with Gasteiger partial charge in [-0.3, -0.25) is 9.59 Å². The van der Waals surface area contributed by atoms with Gasteiger partial charge in [0.15, 0.2) is 0 Å². The number of benzene rings is 2. The fourth-order valence-corrected chi connectivity index (χ4v) is 2.23. The molecule has 2 rings (SSSR count). The molecule has 130 valence electrons. The third kappa shape index (κ3) is 7.92. The molecule has 0 bridgehead atoms. The molecule has 0 aromatic heterocycles. The van der Waals surface area contributed by atoms with E-state index in [0.717, 1.165) is 11.1 Å². The Bertz CT molecular complexity index is 685. The molecule has 2 aromatic carbocycles. The molecule has 0 saturated carbocycles. The predicted octanol–water partition coefficient (Wildman–Crippen LogP) is 3.01. The van der Waals surface area contributed by atoms with Gasteiger partial charge in [-0.2, -0.15) is 5.10 Å². The van der Waals surface area contributed by atoms with Gasteiger partial charge < -0.3 is 5.32 Å². The van der Waals surface area contributed by atoms with Crippen molar-refractivity contribution in [2.45, 2.75) is 32.2 Å². The monoisotopic (exact) mass is 337 g/mol. The van der Waals surface area contributed by atoms with Gasteiger partial charge in [0, 0.05) is 19.4 Å². The van der Waals surface area contributed by atoms with Gasteiger partial charge in [0.05, 0.1) is 6.21 Å². The first kappa shape index (κ1) is 18.4. The van der Waals surface area contributed by atoms with Crippen molar-refractivity contribution in [3.05, 3.63) is 71.8 Å². The summed E-state index contributed by atoms with van der Waals surface area (Å²) in [6, 6.07) is 19.3. The summed E-state index contributed by atoms with van der Waals surface area (Å²) in [7, 11) is 0. The number of rotatable bonds is 9. The van der Waals surface area contributed by atoms with Crippen LogP contribution in [0.1, 0.15) is 36.8 Å². The van der Waals surface area contributed by atoms with E-state index in [9.17, 15) is 9.59 Å². The molecule has 0 unspecified atom stereocenters. The van der Waals surface area contributed by atoms with Gasteiger partial charge >= 0.3 is 0 Å². The quantitative estimate of drug-likeness (QED) is 0.419. The number of carbonyl (C=O) groups excluding carboxylic acids is 2. The number of nitrogens with one attached hydrogen (secondary N) is 2. The van der Waals surface area contributed by atoms with Crippen molar-refractivity contribution in [3.63, 3.8) is 0 Å². The second kappa shape index (κ2) is 10.8. The highest BCUT2D eigenvalue weighted by atomic mass is 16.2. The Morgan fingerprint density at radius 2 is 1.44 bits per heavy atom. The van der Waals surface area contributed by atoms with Gasteiger partial charge in [-0.25, -0.2) is 5.43 Å². The Labute approximate surface area is 148 Å². The van der Waals surface area contributed by atoms with Gasteiger partial charge in [-0.15, -0.1) is 0 Å². The van der Waals surface area contributed by atoms with Crippen molar-refractivity contribution in [2.75, 3.05) is 0 Å². The lowest BCUT2D eigenvalue weighted by molar-refractivity contribution is -0.123. The number of hydrogen-bond acceptors (Lipinski definition) is 3. The van der Waals surface area contributed by atoms with Crippen LogP contribution in [-0.4, -0.2) is 18.0 Å². The molecule has 0 heterocycles. The Kier molecular flexibility index (Phi) is 7.91. The number of hydrazone groups is 1. The third-order valence-electron chi connectivity index (χ3n) is 3.59. The first-order valence-electron chi connectivity index (χ1n) is 8.41. The molecular weight excluding hydrogens is 314 g/mol. The van der Waals surface area contributed by atoms with Crippen molar-refractivity contribution in [1.29, 1.82) is 0 Å². The van der Waals surface area contributed by atoms with E-state index in [1.807, 2.05) is 60.7 Å². The smallest absolute Gasteiger partial charge is 0.240 e. The number of hydrogen-bond donors (Lipinski definition) is 2. The van der Waals surface area contributed by atoms with E-state index in [4.69, 9.17) is 0 Å². The normalized spacial score (nSPS) is 10.6. The van der Waals surface area contributed by atoms with E-state index in [0.29, 0.717) is 32.2 Å². The van der Waals surface area contributed by atoms with Crippen LogP contribution in [0.2, 0.25) is 0 Å². The van der Waals surface area contributed by atoms with E-state index in [-0.39, 0.29) is 11.8 Å². The van der Waals surface area contributed by atoms with Gasteiger partial charge in [0.2, 0.25) is 11.8 Å². The number of nitrogens with zero attached hydrogens (tertiary/aromatic N) is 1. The molecule has 0 aliphatic heterocycles. The molecule has 5 nitrogen and oxygen atoms in total. The van der Waals surface area contributed by atoms with E-state index in [1.54, 1.807) is 6.21 Å². The zero-order valence-corrected chi connectivity index (χ0v) is 14.2. The lowest BCUT2D eigenvalue weighted by Gasteiger charge is -2.05. The molecule has 0 radical (unpaired) electrons. The SMILES string of the molecule is O=C(CCCCC(=O)N/N=C/c1ccccc1)NCc1ccccc1. The van der Waals surface area contributed by atoms with Crippen LogP contribution in [0.25, 0.3) is 0 Å². The summed E-state index contributed by atoms with van der Waals surface area (Å²) in [5, 5.41) is 6.79. The van der Waals surface area contributed by atoms with Crippen LogP contribution >= 0.6 is 0 Å². The van der Waals surface area contributed by atoms with Crippen LogP contribution in [0.3, 0.4) is 0 Å². The minimum Gasteiger partial charge on any atom is -0.352 e. The van der Waals surface area contributed by atoms with Crippen molar-refractivity contribution < 1.29 is 9.59 Å².